The molecule has 0 spiro atoms. The number of ether oxygens (including phenoxy) is 1. The molecule has 0 amide bonds. The highest BCUT2D eigenvalue weighted by Gasteiger charge is 2.07. The van der Waals surface area contributed by atoms with Crippen LogP contribution in [0.4, 0.5) is 4.39 Å². The van der Waals surface area contributed by atoms with E-state index in [0.717, 1.165) is 11.3 Å². The van der Waals surface area contributed by atoms with Gasteiger partial charge >= 0.3 is 0 Å². The third-order valence-corrected chi connectivity index (χ3v) is 2.97. The molecule has 0 aromatic heterocycles. The summed E-state index contributed by atoms with van der Waals surface area (Å²) >= 11 is 4.94. The Bertz CT molecular complexity index is 596. The van der Waals surface area contributed by atoms with Crippen LogP contribution in [0.1, 0.15) is 16.7 Å². The monoisotopic (exact) mass is 275 g/mol. The summed E-state index contributed by atoms with van der Waals surface area (Å²) in [6, 6.07) is 12.0. The van der Waals surface area contributed by atoms with E-state index in [9.17, 15) is 4.39 Å². The second kappa shape index (κ2) is 5.80. The summed E-state index contributed by atoms with van der Waals surface area (Å²) in [6.45, 7) is 2.23. The topological polar surface area (TPSA) is 35.2 Å². The number of hydrogen-bond acceptors (Lipinski definition) is 2. The molecule has 2 nitrogen and oxygen atoms in total. The Balaban J connectivity index is 2.16. The van der Waals surface area contributed by atoms with E-state index in [1.807, 2.05) is 31.2 Å². The molecule has 0 atom stereocenters. The fourth-order valence-corrected chi connectivity index (χ4v) is 1.92. The smallest absolute Gasteiger partial charge is 0.123 e. The summed E-state index contributed by atoms with van der Waals surface area (Å²) in [7, 11) is 0. The molecule has 0 saturated heterocycles. The van der Waals surface area contributed by atoms with E-state index in [1.54, 1.807) is 6.07 Å². The summed E-state index contributed by atoms with van der Waals surface area (Å²) in [4.78, 5) is 0.238. The number of benzene rings is 2. The van der Waals surface area contributed by atoms with Gasteiger partial charge in [-0.3, -0.25) is 0 Å². The fraction of sp³-hybridized carbons (Fsp3) is 0.133. The van der Waals surface area contributed by atoms with Crippen molar-refractivity contribution >= 4 is 17.2 Å². The third kappa shape index (κ3) is 3.51. The predicted octanol–water partition coefficient (Wildman–Crippen LogP) is 3.35. The molecule has 0 aliphatic rings. The number of rotatable bonds is 4. The minimum atomic E-state index is -0.331. The van der Waals surface area contributed by atoms with Gasteiger partial charge in [0.05, 0.1) is 0 Å². The molecule has 0 heterocycles. The van der Waals surface area contributed by atoms with Gasteiger partial charge in [-0.25, -0.2) is 4.39 Å². The summed E-state index contributed by atoms with van der Waals surface area (Å²) in [5, 5.41) is 0. The Morgan fingerprint density at radius 1 is 1.21 bits per heavy atom. The molecule has 98 valence electrons. The Morgan fingerprint density at radius 3 is 2.53 bits per heavy atom. The lowest BCUT2D eigenvalue weighted by molar-refractivity contribution is 0.305. The van der Waals surface area contributed by atoms with Crippen molar-refractivity contribution < 1.29 is 9.13 Å². The molecule has 2 aromatic rings. The Labute approximate surface area is 117 Å². The minimum Gasteiger partial charge on any atom is -0.489 e. The van der Waals surface area contributed by atoms with E-state index in [1.165, 1.54) is 12.1 Å². The zero-order valence-corrected chi connectivity index (χ0v) is 11.3. The zero-order chi connectivity index (χ0) is 13.8. The number of halogens is 1. The lowest BCUT2D eigenvalue weighted by Crippen LogP contribution is -2.13. The maximum atomic E-state index is 13.2. The lowest BCUT2D eigenvalue weighted by atomic mass is 10.1. The number of thiocarbonyl (C=S) groups is 1. The molecule has 0 aliphatic heterocycles. The Morgan fingerprint density at radius 2 is 1.89 bits per heavy atom. The van der Waals surface area contributed by atoms with Crippen molar-refractivity contribution in [2.24, 2.45) is 5.73 Å². The van der Waals surface area contributed by atoms with Gasteiger partial charge in [-0.1, -0.05) is 29.9 Å². The molecule has 0 saturated carbocycles. The van der Waals surface area contributed by atoms with Crippen molar-refractivity contribution in [1.82, 2.24) is 0 Å². The van der Waals surface area contributed by atoms with Gasteiger partial charge in [-0.15, -0.1) is 0 Å². The zero-order valence-electron chi connectivity index (χ0n) is 10.5. The van der Waals surface area contributed by atoms with Gasteiger partial charge in [0, 0.05) is 11.1 Å². The van der Waals surface area contributed by atoms with Crippen molar-refractivity contribution in [3.8, 4) is 5.75 Å². The van der Waals surface area contributed by atoms with Gasteiger partial charge in [0.2, 0.25) is 0 Å². The van der Waals surface area contributed by atoms with E-state index in [0.29, 0.717) is 11.1 Å². The van der Waals surface area contributed by atoms with Gasteiger partial charge in [0.15, 0.2) is 0 Å². The first-order valence-corrected chi connectivity index (χ1v) is 6.25. The highest BCUT2D eigenvalue weighted by molar-refractivity contribution is 7.80. The van der Waals surface area contributed by atoms with E-state index < -0.39 is 0 Å². The molecule has 0 bridgehead atoms. The van der Waals surface area contributed by atoms with Gasteiger partial charge in [0.25, 0.3) is 0 Å². The molecule has 0 unspecified atom stereocenters. The molecule has 0 aliphatic carbocycles. The molecular weight excluding hydrogens is 261 g/mol. The highest BCUT2D eigenvalue weighted by atomic mass is 32.1. The van der Waals surface area contributed by atoms with Crippen LogP contribution >= 0.6 is 12.2 Å². The van der Waals surface area contributed by atoms with Crippen LogP contribution in [0.15, 0.2) is 42.5 Å². The maximum Gasteiger partial charge on any atom is 0.123 e. The second-order valence-corrected chi connectivity index (χ2v) is 4.71. The Kier molecular flexibility index (Phi) is 4.12. The first-order chi connectivity index (χ1) is 9.06. The largest absolute Gasteiger partial charge is 0.489 e. The van der Waals surface area contributed by atoms with Crippen LogP contribution < -0.4 is 10.5 Å². The van der Waals surface area contributed by atoms with Crippen LogP contribution in [0.25, 0.3) is 0 Å². The molecule has 19 heavy (non-hydrogen) atoms. The van der Waals surface area contributed by atoms with Crippen molar-refractivity contribution in [3.05, 3.63) is 65.0 Å². The van der Waals surface area contributed by atoms with Crippen molar-refractivity contribution in [2.45, 2.75) is 13.5 Å². The lowest BCUT2D eigenvalue weighted by Gasteiger charge is -2.10. The average molecular weight is 275 g/mol. The predicted molar refractivity (Wildman–Crippen MR) is 77.8 cm³/mol. The first-order valence-electron chi connectivity index (χ1n) is 5.84. The third-order valence-electron chi connectivity index (χ3n) is 2.75. The quantitative estimate of drug-likeness (QED) is 0.869. The Hall–Kier alpha value is -1.94. The molecule has 4 heteroatoms. The maximum absolute atomic E-state index is 13.2. The summed E-state index contributed by atoms with van der Waals surface area (Å²) in [5.74, 6) is 0.395. The van der Waals surface area contributed by atoms with Gasteiger partial charge in [-0.2, -0.15) is 0 Å². The summed E-state index contributed by atoms with van der Waals surface area (Å²) in [5.41, 5.74) is 8.05. The van der Waals surface area contributed by atoms with E-state index in [-0.39, 0.29) is 17.4 Å². The number of nitrogens with two attached hydrogens (primary N) is 1. The van der Waals surface area contributed by atoms with Crippen LogP contribution in [0.2, 0.25) is 0 Å². The number of hydrogen-bond donors (Lipinski definition) is 1. The second-order valence-electron chi connectivity index (χ2n) is 4.27. The number of aryl methyl sites for hydroxylation is 1. The van der Waals surface area contributed by atoms with Gasteiger partial charge in [-0.05, 0) is 37.3 Å². The van der Waals surface area contributed by atoms with E-state index in [2.05, 4.69) is 0 Å². The van der Waals surface area contributed by atoms with Crippen LogP contribution in [-0.4, -0.2) is 4.99 Å². The molecule has 2 rings (SSSR count). The fourth-order valence-electron chi connectivity index (χ4n) is 1.72. The van der Waals surface area contributed by atoms with E-state index in [4.69, 9.17) is 22.7 Å². The normalized spacial score (nSPS) is 10.2. The highest BCUT2D eigenvalue weighted by Crippen LogP contribution is 2.17. The average Bonchev–Trinajstić information content (AvgIpc) is 2.38. The van der Waals surface area contributed by atoms with Crippen LogP contribution in [-0.2, 0) is 6.61 Å². The first kappa shape index (κ1) is 13.5. The molecule has 2 aromatic carbocycles. The standard InChI is InChI=1S/C15H14FNOS/c1-10-2-5-13(6-3-10)18-9-11-8-12(16)4-7-14(11)15(17)19/h2-8H,9H2,1H3,(H2,17,19). The molecule has 0 radical (unpaired) electrons. The molecule has 2 N–H and O–H groups in total. The van der Waals surface area contributed by atoms with Crippen LogP contribution in [0.3, 0.4) is 0 Å². The molecular formula is C15H14FNOS. The van der Waals surface area contributed by atoms with Crippen molar-refractivity contribution in [2.75, 3.05) is 0 Å². The van der Waals surface area contributed by atoms with Crippen LogP contribution in [0.5, 0.6) is 5.75 Å². The van der Waals surface area contributed by atoms with E-state index >= 15 is 0 Å². The summed E-state index contributed by atoms with van der Waals surface area (Å²) < 4.78 is 18.9. The van der Waals surface area contributed by atoms with Crippen molar-refractivity contribution in [1.29, 1.82) is 0 Å². The SMILES string of the molecule is Cc1ccc(OCc2cc(F)ccc2C(N)=S)cc1. The minimum absolute atomic E-state index is 0.230. The molecule has 0 fully saturated rings. The van der Waals surface area contributed by atoms with Crippen LogP contribution in [0, 0.1) is 12.7 Å². The van der Waals surface area contributed by atoms with Gasteiger partial charge in [0.1, 0.15) is 23.2 Å². The van der Waals surface area contributed by atoms with Crippen molar-refractivity contribution in [3.63, 3.8) is 0 Å². The summed E-state index contributed by atoms with van der Waals surface area (Å²) in [6.07, 6.45) is 0. The van der Waals surface area contributed by atoms with Gasteiger partial charge < -0.3 is 10.5 Å².